The van der Waals surface area contributed by atoms with Gasteiger partial charge in [-0.2, -0.15) is 0 Å². The van der Waals surface area contributed by atoms with Crippen molar-refractivity contribution in [3.05, 3.63) is 0 Å². The van der Waals surface area contributed by atoms with Crippen LogP contribution in [0.4, 0.5) is 0 Å². The van der Waals surface area contributed by atoms with Crippen LogP contribution in [-0.2, 0) is 4.74 Å². The van der Waals surface area contributed by atoms with Crippen LogP contribution in [-0.4, -0.2) is 36.7 Å². The fourth-order valence-electron chi connectivity index (χ4n) is 3.10. The van der Waals surface area contributed by atoms with Crippen molar-refractivity contribution < 1.29 is 4.74 Å². The van der Waals surface area contributed by atoms with Gasteiger partial charge in [-0.3, -0.25) is 4.90 Å². The van der Waals surface area contributed by atoms with Crippen LogP contribution in [0.25, 0.3) is 0 Å². The molecule has 0 radical (unpaired) electrons. The van der Waals surface area contributed by atoms with Crippen LogP contribution in [0.1, 0.15) is 85.0 Å². The first-order chi connectivity index (χ1) is 9.67. The first-order valence-electron chi connectivity index (χ1n) is 8.99. The molecule has 0 aromatic rings. The van der Waals surface area contributed by atoms with Gasteiger partial charge in [0.15, 0.2) is 0 Å². The molecule has 0 spiro atoms. The lowest BCUT2D eigenvalue weighted by molar-refractivity contribution is -0.0513. The van der Waals surface area contributed by atoms with Crippen molar-refractivity contribution in [2.45, 2.75) is 90.5 Å². The summed E-state index contributed by atoms with van der Waals surface area (Å²) in [6, 6.07) is 0. The van der Waals surface area contributed by atoms with E-state index in [0.29, 0.717) is 0 Å². The molecule has 0 bridgehead atoms. The van der Waals surface area contributed by atoms with Gasteiger partial charge in [-0.25, -0.2) is 0 Å². The van der Waals surface area contributed by atoms with Crippen LogP contribution in [0.15, 0.2) is 0 Å². The summed E-state index contributed by atoms with van der Waals surface area (Å²) >= 11 is 0. The summed E-state index contributed by atoms with van der Waals surface area (Å²) in [6.45, 7) is 11.1. The van der Waals surface area contributed by atoms with Crippen molar-refractivity contribution >= 4 is 0 Å². The summed E-state index contributed by atoms with van der Waals surface area (Å²) < 4.78 is 5.57. The Morgan fingerprint density at radius 2 is 1.40 bits per heavy atom. The summed E-state index contributed by atoms with van der Waals surface area (Å²) in [5.41, 5.74) is 0.248. The van der Waals surface area contributed by atoms with Gasteiger partial charge in [-0.15, -0.1) is 0 Å². The lowest BCUT2D eigenvalue weighted by Gasteiger charge is -2.42. The third kappa shape index (κ3) is 7.64. The Bertz CT molecular complexity index is 227. The number of ether oxygens (including phenoxy) is 1. The van der Waals surface area contributed by atoms with Crippen molar-refractivity contribution in [3.63, 3.8) is 0 Å². The molecule has 2 nitrogen and oxygen atoms in total. The lowest BCUT2D eigenvalue weighted by Crippen LogP contribution is -2.53. The topological polar surface area (TPSA) is 12.5 Å². The van der Waals surface area contributed by atoms with E-state index in [4.69, 9.17) is 4.74 Å². The van der Waals surface area contributed by atoms with Crippen molar-refractivity contribution in [2.24, 2.45) is 0 Å². The molecule has 0 aliphatic carbocycles. The molecule has 1 saturated heterocycles. The minimum absolute atomic E-state index is 0.248. The molecular weight excluding hydrogens is 246 g/mol. The zero-order chi connectivity index (χ0) is 14.7. The van der Waals surface area contributed by atoms with Crippen LogP contribution in [0.3, 0.4) is 0 Å². The second-order valence-electron chi connectivity index (χ2n) is 7.03. The van der Waals surface area contributed by atoms with E-state index in [1.54, 1.807) is 0 Å². The van der Waals surface area contributed by atoms with Crippen LogP contribution < -0.4 is 0 Å². The molecule has 1 rings (SSSR count). The van der Waals surface area contributed by atoms with E-state index in [2.05, 4.69) is 25.7 Å². The SMILES string of the molecule is CCCCCCCCCCCCN1CCOCC1(C)C. The third-order valence-corrected chi connectivity index (χ3v) is 4.60. The summed E-state index contributed by atoms with van der Waals surface area (Å²) in [6.07, 6.45) is 14.2. The second kappa shape index (κ2) is 10.6. The Kier molecular flexibility index (Phi) is 9.54. The predicted molar refractivity (Wildman–Crippen MR) is 88.3 cm³/mol. The van der Waals surface area contributed by atoms with Gasteiger partial charge in [-0.05, 0) is 26.8 Å². The molecule has 120 valence electrons. The quantitative estimate of drug-likeness (QED) is 0.494. The molecule has 2 heteroatoms. The van der Waals surface area contributed by atoms with E-state index in [1.165, 1.54) is 70.8 Å². The van der Waals surface area contributed by atoms with E-state index >= 15 is 0 Å². The number of rotatable bonds is 11. The Morgan fingerprint density at radius 1 is 0.850 bits per heavy atom. The average molecular weight is 283 g/mol. The van der Waals surface area contributed by atoms with Gasteiger partial charge in [0.2, 0.25) is 0 Å². The maximum Gasteiger partial charge on any atom is 0.0645 e. The summed E-state index contributed by atoms with van der Waals surface area (Å²) in [5.74, 6) is 0. The zero-order valence-corrected chi connectivity index (χ0v) is 14.3. The molecule has 1 aliphatic rings. The molecule has 0 unspecified atom stereocenters. The smallest absolute Gasteiger partial charge is 0.0645 e. The predicted octanol–water partition coefficient (Wildman–Crippen LogP) is 5.02. The number of nitrogens with zero attached hydrogens (tertiary/aromatic N) is 1. The fraction of sp³-hybridized carbons (Fsp3) is 1.00. The van der Waals surface area contributed by atoms with Crippen molar-refractivity contribution in [2.75, 3.05) is 26.3 Å². The highest BCUT2D eigenvalue weighted by Crippen LogP contribution is 2.20. The van der Waals surface area contributed by atoms with E-state index in [0.717, 1.165) is 19.8 Å². The fourth-order valence-corrected chi connectivity index (χ4v) is 3.10. The molecule has 1 fully saturated rings. The van der Waals surface area contributed by atoms with Gasteiger partial charge in [0, 0.05) is 12.1 Å². The minimum Gasteiger partial charge on any atom is -0.378 e. The van der Waals surface area contributed by atoms with Crippen LogP contribution >= 0.6 is 0 Å². The molecule has 0 saturated carbocycles. The third-order valence-electron chi connectivity index (χ3n) is 4.60. The lowest BCUT2D eigenvalue weighted by atomic mass is 10.0. The normalized spacial score (nSPS) is 19.4. The summed E-state index contributed by atoms with van der Waals surface area (Å²) in [5, 5.41) is 0. The van der Waals surface area contributed by atoms with Gasteiger partial charge in [0.05, 0.1) is 13.2 Å². The van der Waals surface area contributed by atoms with E-state index in [9.17, 15) is 0 Å². The molecule has 20 heavy (non-hydrogen) atoms. The highest BCUT2D eigenvalue weighted by Gasteiger charge is 2.29. The number of morpholine rings is 1. The van der Waals surface area contributed by atoms with Crippen LogP contribution in [0.2, 0.25) is 0 Å². The van der Waals surface area contributed by atoms with Gasteiger partial charge >= 0.3 is 0 Å². The number of hydrogen-bond donors (Lipinski definition) is 0. The number of unbranched alkanes of at least 4 members (excludes halogenated alkanes) is 9. The zero-order valence-electron chi connectivity index (χ0n) is 14.3. The summed E-state index contributed by atoms with van der Waals surface area (Å²) in [7, 11) is 0. The molecule has 1 aliphatic heterocycles. The van der Waals surface area contributed by atoms with Gasteiger partial charge in [0.1, 0.15) is 0 Å². The first kappa shape index (κ1) is 18.0. The standard InChI is InChI=1S/C18H37NO/c1-4-5-6-7-8-9-10-11-12-13-14-19-15-16-20-17-18(19,2)3/h4-17H2,1-3H3. The minimum atomic E-state index is 0.248. The Labute approximate surface area is 127 Å². The van der Waals surface area contributed by atoms with Crippen molar-refractivity contribution in [1.82, 2.24) is 4.90 Å². The highest BCUT2D eigenvalue weighted by atomic mass is 16.5. The molecular formula is C18H37NO. The van der Waals surface area contributed by atoms with Crippen LogP contribution in [0, 0.1) is 0 Å². The Hall–Kier alpha value is -0.0800. The monoisotopic (exact) mass is 283 g/mol. The van der Waals surface area contributed by atoms with E-state index in [1.807, 2.05) is 0 Å². The maximum absolute atomic E-state index is 5.57. The maximum atomic E-state index is 5.57. The molecule has 0 aromatic heterocycles. The summed E-state index contributed by atoms with van der Waals surface area (Å²) in [4.78, 5) is 2.61. The van der Waals surface area contributed by atoms with E-state index < -0.39 is 0 Å². The second-order valence-corrected chi connectivity index (χ2v) is 7.03. The van der Waals surface area contributed by atoms with Gasteiger partial charge in [0.25, 0.3) is 0 Å². The molecule has 0 amide bonds. The molecule has 1 heterocycles. The van der Waals surface area contributed by atoms with Gasteiger partial charge < -0.3 is 4.74 Å². The highest BCUT2D eigenvalue weighted by molar-refractivity contribution is 4.84. The van der Waals surface area contributed by atoms with Gasteiger partial charge in [-0.1, -0.05) is 64.7 Å². The molecule has 0 atom stereocenters. The Morgan fingerprint density at radius 3 is 1.95 bits per heavy atom. The van der Waals surface area contributed by atoms with Crippen molar-refractivity contribution in [3.8, 4) is 0 Å². The Balaban J connectivity index is 1.89. The average Bonchev–Trinajstić information content (AvgIpc) is 2.42. The first-order valence-corrected chi connectivity index (χ1v) is 8.99. The molecule has 0 aromatic carbocycles. The number of hydrogen-bond acceptors (Lipinski definition) is 2. The van der Waals surface area contributed by atoms with E-state index in [-0.39, 0.29) is 5.54 Å². The van der Waals surface area contributed by atoms with Crippen LogP contribution in [0.5, 0.6) is 0 Å². The van der Waals surface area contributed by atoms with Crippen molar-refractivity contribution in [1.29, 1.82) is 0 Å². The largest absolute Gasteiger partial charge is 0.378 e. The molecule has 0 N–H and O–H groups in total.